The van der Waals surface area contributed by atoms with Crippen LogP contribution in [0.15, 0.2) is 0 Å². The second-order valence-electron chi connectivity index (χ2n) is 0.238. The second-order valence-corrected chi connectivity index (χ2v) is 0.238. The summed E-state index contributed by atoms with van der Waals surface area (Å²) in [5, 5.41) is 13.6. The first kappa shape index (κ1) is 411. The molecule has 0 aromatic carbocycles. The Hall–Kier alpha value is -1.16. The Kier molecular flexibility index (Phi) is 9800. The van der Waals surface area contributed by atoms with Gasteiger partial charge in [0.25, 0.3) is 5.09 Å². The summed E-state index contributed by atoms with van der Waals surface area (Å²) >= 11 is 0. The SMILES string of the molecule is O.O.O.O.O.O.O.O.O.O=[N+]([O-])O. The van der Waals surface area contributed by atoms with Crippen LogP contribution in [-0.2, 0) is 0 Å². The third-order valence-corrected chi connectivity index (χ3v) is 0. The summed E-state index contributed by atoms with van der Waals surface area (Å²) in [5.41, 5.74) is 0. The van der Waals surface area contributed by atoms with Crippen molar-refractivity contribution in [3.05, 3.63) is 10.1 Å². The molecule has 0 aliphatic carbocycles. The van der Waals surface area contributed by atoms with Crippen molar-refractivity contribution in [2.24, 2.45) is 0 Å². The molecule has 96 valence electrons. The van der Waals surface area contributed by atoms with E-state index in [9.17, 15) is 0 Å². The molecule has 0 bridgehead atoms. The lowest BCUT2D eigenvalue weighted by atomic mass is 13.1. The maximum atomic E-state index is 8.36. The highest BCUT2D eigenvalue weighted by Gasteiger charge is 1.65. The molecule has 0 heterocycles. The van der Waals surface area contributed by atoms with Crippen LogP contribution in [0.4, 0.5) is 0 Å². The van der Waals surface area contributed by atoms with E-state index in [1.807, 2.05) is 0 Å². The van der Waals surface area contributed by atoms with Crippen molar-refractivity contribution in [1.29, 1.82) is 0 Å². The minimum atomic E-state index is -1.50. The highest BCUT2D eigenvalue weighted by molar-refractivity contribution is 3.83. The average molecular weight is 225 g/mol. The molecule has 0 fully saturated rings. The Labute approximate surface area is 71.1 Å². The van der Waals surface area contributed by atoms with Gasteiger partial charge in [-0.15, -0.1) is 10.1 Å². The zero-order chi connectivity index (χ0) is 3.58. The zero-order valence-corrected chi connectivity index (χ0v) is 6.21. The Morgan fingerprint density at radius 3 is 0.692 bits per heavy atom. The van der Waals surface area contributed by atoms with E-state index >= 15 is 0 Å². The van der Waals surface area contributed by atoms with Crippen molar-refractivity contribution in [2.45, 2.75) is 0 Å². The molecule has 0 atom stereocenters. The highest BCUT2D eigenvalue weighted by atomic mass is 16.9. The summed E-state index contributed by atoms with van der Waals surface area (Å²) in [4.78, 5) is 8.36. The fourth-order valence-electron chi connectivity index (χ4n) is 0. The van der Waals surface area contributed by atoms with Crippen LogP contribution in [0.2, 0.25) is 0 Å². The van der Waals surface area contributed by atoms with E-state index in [0.717, 1.165) is 0 Å². The lowest BCUT2D eigenvalue weighted by Gasteiger charge is -1.56. The number of rotatable bonds is 0. The molecule has 0 aliphatic rings. The van der Waals surface area contributed by atoms with Gasteiger partial charge in [0.05, 0.1) is 0 Å². The van der Waals surface area contributed by atoms with Crippen molar-refractivity contribution in [3.63, 3.8) is 0 Å². The topological polar surface area (TPSA) is 347 Å². The van der Waals surface area contributed by atoms with Gasteiger partial charge in [0.2, 0.25) is 0 Å². The van der Waals surface area contributed by atoms with Gasteiger partial charge >= 0.3 is 0 Å². The summed E-state index contributed by atoms with van der Waals surface area (Å²) in [7, 11) is 0. The minimum absolute atomic E-state index is 0. The lowest BCUT2D eigenvalue weighted by Crippen LogP contribution is -1.81. The van der Waals surface area contributed by atoms with E-state index in [-0.39, 0.29) is 49.3 Å². The smallest absolute Gasteiger partial charge is 0.291 e. The van der Waals surface area contributed by atoms with Gasteiger partial charge in [-0.2, -0.15) is 0 Å². The Morgan fingerprint density at radius 2 is 0.692 bits per heavy atom. The lowest BCUT2D eigenvalue weighted by molar-refractivity contribution is -0.742. The minimum Gasteiger partial charge on any atom is -0.412 e. The first-order chi connectivity index (χ1) is 1.73. The normalized spacial score (nSPS) is 1.85. The van der Waals surface area contributed by atoms with Crippen molar-refractivity contribution < 1.29 is 59.6 Å². The predicted molar refractivity (Wildman–Crippen MR) is 41.3 cm³/mol. The second kappa shape index (κ2) is 310. The van der Waals surface area contributed by atoms with E-state index in [0.29, 0.717) is 0 Å². The molecule has 0 amide bonds. The zero-order valence-electron chi connectivity index (χ0n) is 6.21. The molecule has 13 nitrogen and oxygen atoms in total. The first-order valence-corrected chi connectivity index (χ1v) is 0.565. The Bertz CT molecular complexity index is 28.1. The summed E-state index contributed by atoms with van der Waals surface area (Å²) in [6.45, 7) is 0. The van der Waals surface area contributed by atoms with Crippen LogP contribution in [0.1, 0.15) is 0 Å². The van der Waals surface area contributed by atoms with Crippen molar-refractivity contribution in [1.82, 2.24) is 0 Å². The molecule has 0 unspecified atom stereocenters. The molecule has 13 heavy (non-hydrogen) atoms. The van der Waals surface area contributed by atoms with Gasteiger partial charge in [-0.3, -0.25) is 0 Å². The summed E-state index contributed by atoms with van der Waals surface area (Å²) < 4.78 is 0. The third kappa shape index (κ3) is 630. The van der Waals surface area contributed by atoms with Crippen LogP contribution in [0.5, 0.6) is 0 Å². The molecular formula is H19NO12. The van der Waals surface area contributed by atoms with Gasteiger partial charge in [-0.05, 0) is 0 Å². The van der Waals surface area contributed by atoms with Crippen LogP contribution < -0.4 is 0 Å². The predicted octanol–water partition coefficient (Wildman–Crippen LogP) is -7.77. The molecule has 19 N–H and O–H groups in total. The van der Waals surface area contributed by atoms with E-state index < -0.39 is 5.09 Å². The average Bonchev–Trinajstić information content (AvgIpc) is 0.811. The van der Waals surface area contributed by atoms with Crippen LogP contribution in [0.25, 0.3) is 0 Å². The van der Waals surface area contributed by atoms with Crippen molar-refractivity contribution in [2.75, 3.05) is 0 Å². The molecular weight excluding hydrogens is 206 g/mol. The maximum Gasteiger partial charge on any atom is 0.291 e. The van der Waals surface area contributed by atoms with Crippen molar-refractivity contribution >= 4 is 0 Å². The van der Waals surface area contributed by atoms with Gasteiger partial charge in [0, 0.05) is 0 Å². The Morgan fingerprint density at radius 1 is 0.692 bits per heavy atom. The van der Waals surface area contributed by atoms with Gasteiger partial charge in [0.1, 0.15) is 0 Å². The van der Waals surface area contributed by atoms with Crippen molar-refractivity contribution in [3.8, 4) is 0 Å². The molecule has 0 rings (SSSR count). The number of hydrogen-bond acceptors (Lipinski definition) is 2. The highest BCUT2D eigenvalue weighted by Crippen LogP contribution is 1.38. The molecule has 0 aromatic heterocycles. The first-order valence-electron chi connectivity index (χ1n) is 0.565. The summed E-state index contributed by atoms with van der Waals surface area (Å²) in [6.07, 6.45) is 0. The maximum absolute atomic E-state index is 8.36. The molecule has 0 radical (unpaired) electrons. The Balaban J connectivity index is -0.00000000125. The van der Waals surface area contributed by atoms with Gasteiger partial charge in [-0.25, -0.2) is 0 Å². The van der Waals surface area contributed by atoms with E-state index in [2.05, 4.69) is 0 Å². The molecule has 0 spiro atoms. The molecule has 0 saturated carbocycles. The van der Waals surface area contributed by atoms with Gasteiger partial charge in [0.15, 0.2) is 0 Å². The van der Waals surface area contributed by atoms with Crippen LogP contribution >= 0.6 is 0 Å². The third-order valence-electron chi connectivity index (χ3n) is 0. The molecule has 0 saturated heterocycles. The molecule has 0 aliphatic heterocycles. The largest absolute Gasteiger partial charge is 0.412 e. The van der Waals surface area contributed by atoms with E-state index in [1.54, 1.807) is 0 Å². The monoisotopic (exact) mass is 225 g/mol. The quantitative estimate of drug-likeness (QED) is 0.309. The summed E-state index contributed by atoms with van der Waals surface area (Å²) in [6, 6.07) is 0. The molecule has 0 aromatic rings. The van der Waals surface area contributed by atoms with Crippen LogP contribution in [0.3, 0.4) is 0 Å². The van der Waals surface area contributed by atoms with Gasteiger partial charge in [-0.1, -0.05) is 0 Å². The fraction of sp³-hybridized carbons (Fsp3) is 0. The standard InChI is InChI=1S/HNO3.9H2O/c2-1(3)4;;;;;;;;;/h(H,2,3,4);9*1H2. The van der Waals surface area contributed by atoms with Gasteiger partial charge < -0.3 is 54.5 Å². The fourth-order valence-corrected chi connectivity index (χ4v) is 0. The number of hydrogen-bond donors (Lipinski definition) is 1. The summed E-state index contributed by atoms with van der Waals surface area (Å²) in [5.74, 6) is 0. The van der Waals surface area contributed by atoms with E-state index in [1.165, 1.54) is 0 Å². The molecule has 13 heteroatoms. The number of nitrogens with zero attached hydrogens (tertiary/aromatic N) is 1. The van der Waals surface area contributed by atoms with Crippen LogP contribution in [0, 0.1) is 10.1 Å². The van der Waals surface area contributed by atoms with Crippen LogP contribution in [-0.4, -0.2) is 59.6 Å². The van der Waals surface area contributed by atoms with E-state index in [4.69, 9.17) is 15.3 Å².